The number of fused-ring (bicyclic) bond motifs is 1. The highest BCUT2D eigenvalue weighted by Gasteiger charge is 2.29. The van der Waals surface area contributed by atoms with Gasteiger partial charge in [-0.2, -0.15) is 0 Å². The fraction of sp³-hybridized carbons (Fsp3) is 0.300. The Morgan fingerprint density at radius 3 is 2.46 bits per heavy atom. The van der Waals surface area contributed by atoms with E-state index in [0.29, 0.717) is 10.9 Å². The van der Waals surface area contributed by atoms with Crippen LogP contribution in [0.3, 0.4) is 0 Å². The summed E-state index contributed by atoms with van der Waals surface area (Å²) in [6.07, 6.45) is 2.59. The number of anilines is 1. The quantitative estimate of drug-likeness (QED) is 0.680. The van der Waals surface area contributed by atoms with Crippen molar-refractivity contribution in [3.63, 3.8) is 0 Å². The zero-order valence-electron chi connectivity index (χ0n) is 14.8. The molecule has 0 bridgehead atoms. The lowest BCUT2D eigenvalue weighted by Gasteiger charge is -2.40. The number of ether oxygens (including phenoxy) is 2. The van der Waals surface area contributed by atoms with Gasteiger partial charge in [-0.3, -0.25) is 0 Å². The molecule has 1 fully saturated rings. The Hall–Kier alpha value is -2.53. The molecule has 2 heterocycles. The number of rotatable bonds is 5. The summed E-state index contributed by atoms with van der Waals surface area (Å²) in [6.45, 7) is 1.93. The smallest absolute Gasteiger partial charge is 0.139 e. The fourth-order valence-corrected chi connectivity index (χ4v) is 3.62. The van der Waals surface area contributed by atoms with Crippen LogP contribution in [-0.4, -0.2) is 37.3 Å². The Bertz CT molecular complexity index is 919. The van der Waals surface area contributed by atoms with Crippen LogP contribution in [0.25, 0.3) is 10.9 Å². The largest absolute Gasteiger partial charge is 0.497 e. The van der Waals surface area contributed by atoms with Gasteiger partial charge in [0.05, 0.1) is 19.7 Å². The van der Waals surface area contributed by atoms with E-state index >= 15 is 0 Å². The van der Waals surface area contributed by atoms with Crippen molar-refractivity contribution >= 4 is 28.3 Å². The first-order chi connectivity index (χ1) is 12.7. The van der Waals surface area contributed by atoms with E-state index in [1.54, 1.807) is 20.5 Å². The van der Waals surface area contributed by atoms with Crippen molar-refractivity contribution in [3.05, 3.63) is 53.3 Å². The number of methoxy groups -OCH3 is 2. The monoisotopic (exact) mass is 369 g/mol. The highest BCUT2D eigenvalue weighted by molar-refractivity contribution is 6.31. The van der Waals surface area contributed by atoms with Gasteiger partial charge in [-0.1, -0.05) is 11.6 Å². The number of aromatic nitrogens is 2. The van der Waals surface area contributed by atoms with Crippen LogP contribution in [0, 0.1) is 5.92 Å². The Labute approximate surface area is 157 Å². The molecule has 0 N–H and O–H groups in total. The molecular formula is C20H20ClN3O2. The molecule has 3 aromatic rings. The Morgan fingerprint density at radius 2 is 1.77 bits per heavy atom. The van der Waals surface area contributed by atoms with Crippen LogP contribution in [0.15, 0.2) is 42.7 Å². The molecule has 0 atom stereocenters. The molecule has 0 unspecified atom stereocenters. The molecule has 1 saturated heterocycles. The molecule has 1 aromatic heterocycles. The molecule has 26 heavy (non-hydrogen) atoms. The van der Waals surface area contributed by atoms with Gasteiger partial charge in [-0.25, -0.2) is 9.97 Å². The van der Waals surface area contributed by atoms with Crippen molar-refractivity contribution in [1.82, 2.24) is 9.97 Å². The molecule has 0 aliphatic carbocycles. The normalized spacial score (nSPS) is 14.3. The summed E-state index contributed by atoms with van der Waals surface area (Å²) < 4.78 is 10.7. The Balaban J connectivity index is 1.48. The Kier molecular flexibility index (Phi) is 4.55. The summed E-state index contributed by atoms with van der Waals surface area (Å²) in [5, 5.41) is 1.73. The van der Waals surface area contributed by atoms with Crippen LogP contribution in [-0.2, 0) is 6.42 Å². The minimum absolute atomic E-state index is 0.573. The number of hydrogen-bond acceptors (Lipinski definition) is 5. The fourth-order valence-electron chi connectivity index (χ4n) is 3.46. The predicted octanol–water partition coefficient (Wildman–Crippen LogP) is 3.98. The van der Waals surface area contributed by atoms with Crippen molar-refractivity contribution in [2.45, 2.75) is 6.42 Å². The molecule has 0 radical (unpaired) electrons. The summed E-state index contributed by atoms with van der Waals surface area (Å²) in [5.74, 6) is 3.21. The topological polar surface area (TPSA) is 47.5 Å². The predicted molar refractivity (Wildman–Crippen MR) is 104 cm³/mol. The van der Waals surface area contributed by atoms with E-state index in [9.17, 15) is 0 Å². The van der Waals surface area contributed by atoms with Gasteiger partial charge < -0.3 is 14.4 Å². The molecule has 1 aliphatic rings. The maximum Gasteiger partial charge on any atom is 0.139 e. The summed E-state index contributed by atoms with van der Waals surface area (Å²) in [6, 6.07) is 11.8. The standard InChI is InChI=1S/C20H20ClN3O2/c1-25-16-6-13(7-17(9-16)26-2)5-14-10-24(11-14)20-18-4-3-15(21)8-19(18)22-12-23-20/h3-4,6-9,12,14H,5,10-11H2,1-2H3. The van der Waals surface area contributed by atoms with E-state index in [1.807, 2.05) is 24.3 Å². The van der Waals surface area contributed by atoms with Crippen LogP contribution in [0.5, 0.6) is 11.5 Å². The second-order valence-corrected chi connectivity index (χ2v) is 6.99. The molecule has 134 valence electrons. The maximum absolute atomic E-state index is 6.07. The molecule has 0 spiro atoms. The van der Waals surface area contributed by atoms with Crippen LogP contribution in [0.2, 0.25) is 5.02 Å². The molecular weight excluding hydrogens is 350 g/mol. The van der Waals surface area contributed by atoms with Gasteiger partial charge >= 0.3 is 0 Å². The van der Waals surface area contributed by atoms with Crippen molar-refractivity contribution in [3.8, 4) is 11.5 Å². The molecule has 4 rings (SSSR count). The summed E-state index contributed by atoms with van der Waals surface area (Å²) in [7, 11) is 3.35. The van der Waals surface area contributed by atoms with Crippen LogP contribution >= 0.6 is 11.6 Å². The summed E-state index contributed by atoms with van der Waals surface area (Å²) in [4.78, 5) is 11.1. The maximum atomic E-state index is 6.07. The second-order valence-electron chi connectivity index (χ2n) is 6.55. The first-order valence-electron chi connectivity index (χ1n) is 8.53. The Morgan fingerprint density at radius 1 is 1.04 bits per heavy atom. The lowest BCUT2D eigenvalue weighted by Crippen LogP contribution is -2.48. The third-order valence-electron chi connectivity index (χ3n) is 4.77. The molecule has 5 nitrogen and oxygen atoms in total. The van der Waals surface area contributed by atoms with Gasteiger partial charge in [-0.15, -0.1) is 0 Å². The van der Waals surface area contributed by atoms with Crippen molar-refractivity contribution < 1.29 is 9.47 Å². The van der Waals surface area contributed by atoms with Crippen LogP contribution < -0.4 is 14.4 Å². The van der Waals surface area contributed by atoms with Crippen molar-refractivity contribution in [2.24, 2.45) is 5.92 Å². The summed E-state index contributed by atoms with van der Waals surface area (Å²) in [5.41, 5.74) is 2.11. The first-order valence-corrected chi connectivity index (χ1v) is 8.91. The van der Waals surface area contributed by atoms with E-state index < -0.39 is 0 Å². The number of nitrogens with zero attached hydrogens (tertiary/aromatic N) is 3. The van der Waals surface area contributed by atoms with Gasteiger partial charge in [0.2, 0.25) is 0 Å². The van der Waals surface area contributed by atoms with E-state index in [0.717, 1.165) is 47.7 Å². The van der Waals surface area contributed by atoms with Gasteiger partial charge in [-0.05, 0) is 48.2 Å². The highest BCUT2D eigenvalue weighted by Crippen LogP contribution is 2.32. The molecule has 6 heteroatoms. The first kappa shape index (κ1) is 16.9. The summed E-state index contributed by atoms with van der Waals surface area (Å²) >= 11 is 6.07. The lowest BCUT2D eigenvalue weighted by atomic mass is 9.91. The molecule has 0 saturated carbocycles. The molecule has 1 aliphatic heterocycles. The van der Waals surface area contributed by atoms with Crippen LogP contribution in [0.1, 0.15) is 5.56 Å². The minimum atomic E-state index is 0.573. The third-order valence-corrected chi connectivity index (χ3v) is 5.00. The van der Waals surface area contributed by atoms with Crippen molar-refractivity contribution in [2.75, 3.05) is 32.2 Å². The number of halogens is 1. The van der Waals surface area contributed by atoms with Gasteiger partial charge in [0.15, 0.2) is 0 Å². The molecule has 2 aromatic carbocycles. The average Bonchev–Trinajstić information content (AvgIpc) is 2.63. The number of hydrogen-bond donors (Lipinski definition) is 0. The SMILES string of the molecule is COc1cc(CC2CN(c3ncnc4cc(Cl)ccc34)C2)cc(OC)c1. The van der Waals surface area contributed by atoms with E-state index in [1.165, 1.54) is 5.56 Å². The second kappa shape index (κ2) is 7.00. The van der Waals surface area contributed by atoms with Gasteiger partial charge in [0.25, 0.3) is 0 Å². The number of benzene rings is 2. The minimum Gasteiger partial charge on any atom is -0.497 e. The zero-order valence-corrected chi connectivity index (χ0v) is 15.5. The third kappa shape index (κ3) is 3.27. The van der Waals surface area contributed by atoms with Gasteiger partial charge in [0, 0.05) is 29.6 Å². The van der Waals surface area contributed by atoms with Crippen LogP contribution in [0.4, 0.5) is 5.82 Å². The van der Waals surface area contributed by atoms with E-state index in [-0.39, 0.29) is 0 Å². The lowest BCUT2D eigenvalue weighted by molar-refractivity contribution is 0.386. The van der Waals surface area contributed by atoms with E-state index in [2.05, 4.69) is 27.0 Å². The van der Waals surface area contributed by atoms with Gasteiger partial charge in [0.1, 0.15) is 23.6 Å². The zero-order chi connectivity index (χ0) is 18.1. The van der Waals surface area contributed by atoms with Crippen molar-refractivity contribution in [1.29, 1.82) is 0 Å². The highest BCUT2D eigenvalue weighted by atomic mass is 35.5. The van der Waals surface area contributed by atoms with E-state index in [4.69, 9.17) is 21.1 Å². The average molecular weight is 370 g/mol. The molecule has 0 amide bonds.